The van der Waals surface area contributed by atoms with Crippen molar-refractivity contribution in [3.05, 3.63) is 53.6 Å². The second kappa shape index (κ2) is 7.09. The fraction of sp³-hybridized carbons (Fsp3) is 0.389. The largest absolute Gasteiger partial charge is 0.598 e. The van der Waals surface area contributed by atoms with Crippen molar-refractivity contribution in [1.82, 2.24) is 9.71 Å². The number of alkyl halides is 3. The van der Waals surface area contributed by atoms with Crippen molar-refractivity contribution in [2.24, 2.45) is 0 Å². The summed E-state index contributed by atoms with van der Waals surface area (Å²) in [6.07, 6.45) is -3.52. The number of nitrogens with zero attached hydrogens (tertiary/aromatic N) is 1. The smallest absolute Gasteiger partial charge is 0.573 e. The molecule has 1 aliphatic heterocycles. The number of aromatic nitrogens is 1. The Hall–Kier alpha value is -2.04. The molecule has 2 heterocycles. The highest BCUT2D eigenvalue weighted by Crippen LogP contribution is 2.42. The Morgan fingerprint density at radius 3 is 2.57 bits per heavy atom. The summed E-state index contributed by atoms with van der Waals surface area (Å²) in [6, 6.07) is 6.35. The van der Waals surface area contributed by atoms with E-state index in [9.17, 15) is 22.1 Å². The molecule has 0 spiro atoms. The van der Waals surface area contributed by atoms with E-state index in [1.54, 1.807) is 32.9 Å². The predicted octanol–water partition coefficient (Wildman–Crippen LogP) is 3.81. The maximum Gasteiger partial charge on any atom is 0.573 e. The summed E-state index contributed by atoms with van der Waals surface area (Å²) >= 11 is -1.61. The number of halogens is 4. The van der Waals surface area contributed by atoms with E-state index in [-0.39, 0.29) is 12.2 Å². The van der Waals surface area contributed by atoms with Crippen molar-refractivity contribution in [1.29, 1.82) is 0 Å². The minimum atomic E-state index is -5.02. The third kappa shape index (κ3) is 4.03. The fourth-order valence-electron chi connectivity index (χ4n) is 2.72. The molecule has 1 aromatic carbocycles. The summed E-state index contributed by atoms with van der Waals surface area (Å²) < 4.78 is 76.1. The Kier molecular flexibility index (Phi) is 5.24. The van der Waals surface area contributed by atoms with Crippen molar-refractivity contribution in [2.45, 2.75) is 37.4 Å². The number of hydrogen-bond acceptors (Lipinski definition) is 5. The zero-order valence-corrected chi connectivity index (χ0v) is 16.1. The number of ether oxygens (including phenoxy) is 2. The van der Waals surface area contributed by atoms with Gasteiger partial charge in [0.05, 0.1) is 0 Å². The molecule has 10 heteroatoms. The van der Waals surface area contributed by atoms with Crippen molar-refractivity contribution in [3.8, 4) is 11.5 Å². The van der Waals surface area contributed by atoms with Crippen molar-refractivity contribution < 1.29 is 31.6 Å². The minimum absolute atomic E-state index is 0.0555. The quantitative estimate of drug-likeness (QED) is 0.604. The molecule has 1 N–H and O–H groups in total. The maximum atomic E-state index is 14.4. The maximum absolute atomic E-state index is 14.4. The molecular formula is C18H18F4N2O3S. The van der Waals surface area contributed by atoms with Gasteiger partial charge >= 0.3 is 6.36 Å². The number of rotatable bonds is 4. The molecule has 0 bridgehead atoms. The first-order chi connectivity index (χ1) is 12.9. The number of fused-ring (bicyclic) bond motifs is 1. The molecule has 5 nitrogen and oxygen atoms in total. The summed E-state index contributed by atoms with van der Waals surface area (Å²) in [5.74, 6) is -1.75. The number of nitrogens with one attached hydrogen (secondary N) is 1. The van der Waals surface area contributed by atoms with Crippen LogP contribution >= 0.6 is 0 Å². The fourth-order valence-corrected chi connectivity index (χ4v) is 3.62. The van der Waals surface area contributed by atoms with Gasteiger partial charge in [0.1, 0.15) is 22.8 Å². The van der Waals surface area contributed by atoms with Crippen LogP contribution < -0.4 is 14.2 Å². The third-order valence-corrected chi connectivity index (χ3v) is 5.74. The van der Waals surface area contributed by atoms with Crippen LogP contribution in [0.2, 0.25) is 0 Å². The van der Waals surface area contributed by atoms with Gasteiger partial charge in [0.15, 0.2) is 17.1 Å². The molecule has 1 aromatic heterocycles. The summed E-state index contributed by atoms with van der Waals surface area (Å²) in [5, 5.41) is 0. The molecule has 0 aliphatic carbocycles. The Morgan fingerprint density at radius 1 is 1.25 bits per heavy atom. The zero-order chi connectivity index (χ0) is 20.7. The molecule has 0 radical (unpaired) electrons. The van der Waals surface area contributed by atoms with Gasteiger partial charge in [0.2, 0.25) is 0 Å². The van der Waals surface area contributed by atoms with Crippen LogP contribution in [0.4, 0.5) is 17.6 Å². The van der Waals surface area contributed by atoms with Gasteiger partial charge in [-0.05, 0) is 50.6 Å². The lowest BCUT2D eigenvalue weighted by atomic mass is 9.89. The Labute approximate surface area is 162 Å². The lowest BCUT2D eigenvalue weighted by molar-refractivity contribution is -0.275. The van der Waals surface area contributed by atoms with Crippen LogP contribution in [-0.4, -0.2) is 27.3 Å². The standard InChI is InChI=1S/C18H18F4N2O3S/c1-16(2,3)28(25)24-17(10-26-14-5-4-8-23-15(14)17)11-6-7-13(12(19)9-11)27-18(20,21)22/h4-9,24H,10H2,1-3H3/t17-,28?/m1/s1. The number of benzene rings is 1. The van der Waals surface area contributed by atoms with Gasteiger partial charge in [-0.15, -0.1) is 17.9 Å². The monoisotopic (exact) mass is 418 g/mol. The topological polar surface area (TPSA) is 66.4 Å². The van der Waals surface area contributed by atoms with Crippen molar-refractivity contribution >= 4 is 11.4 Å². The third-order valence-electron chi connectivity index (χ3n) is 4.09. The van der Waals surface area contributed by atoms with E-state index in [2.05, 4.69) is 14.4 Å². The van der Waals surface area contributed by atoms with Crippen molar-refractivity contribution in [2.75, 3.05) is 6.61 Å². The molecule has 0 fully saturated rings. The predicted molar refractivity (Wildman–Crippen MR) is 94.6 cm³/mol. The molecule has 0 saturated carbocycles. The molecule has 0 amide bonds. The number of hydrogen-bond donors (Lipinski definition) is 1. The summed E-state index contributed by atoms with van der Waals surface area (Å²) in [4.78, 5) is 4.28. The molecule has 152 valence electrons. The van der Waals surface area contributed by atoms with Gasteiger partial charge in [-0.3, -0.25) is 4.98 Å². The van der Waals surface area contributed by atoms with Crippen LogP contribution in [0.3, 0.4) is 0 Å². The van der Waals surface area contributed by atoms with E-state index in [4.69, 9.17) is 4.74 Å². The van der Waals surface area contributed by atoms with E-state index in [1.807, 2.05) is 0 Å². The van der Waals surface area contributed by atoms with E-state index in [0.29, 0.717) is 11.4 Å². The van der Waals surface area contributed by atoms with Crippen molar-refractivity contribution in [3.63, 3.8) is 0 Å². The van der Waals surface area contributed by atoms with E-state index in [0.717, 1.165) is 12.1 Å². The molecule has 28 heavy (non-hydrogen) atoms. The highest BCUT2D eigenvalue weighted by atomic mass is 32.2. The first kappa shape index (κ1) is 20.7. The van der Waals surface area contributed by atoms with Gasteiger partial charge in [0.25, 0.3) is 0 Å². The van der Waals surface area contributed by atoms with Gasteiger partial charge in [0, 0.05) is 17.6 Å². The van der Waals surface area contributed by atoms with E-state index in [1.165, 1.54) is 12.3 Å². The molecule has 1 aliphatic rings. The van der Waals surface area contributed by atoms with Crippen LogP contribution in [0, 0.1) is 5.82 Å². The zero-order valence-electron chi connectivity index (χ0n) is 15.3. The number of pyridine rings is 1. The van der Waals surface area contributed by atoms with Crippen LogP contribution in [0.15, 0.2) is 36.5 Å². The lowest BCUT2D eigenvalue weighted by Crippen LogP contribution is -2.53. The van der Waals surface area contributed by atoms with Gasteiger partial charge in [-0.1, -0.05) is 6.07 Å². The van der Waals surface area contributed by atoms with Crippen LogP contribution in [0.25, 0.3) is 0 Å². The second-order valence-corrected chi connectivity index (χ2v) is 9.19. The SMILES string of the molecule is CC(C)(C)[S+]([O-])N[C@@]1(c2ccc(OC(F)(F)F)c(F)c2)COc2cccnc21. The average Bonchev–Trinajstić information content (AvgIpc) is 2.95. The normalized spacial score (nSPS) is 20.4. The van der Waals surface area contributed by atoms with Crippen LogP contribution in [0.1, 0.15) is 32.0 Å². The van der Waals surface area contributed by atoms with Gasteiger partial charge in [-0.25, -0.2) is 4.39 Å². The summed E-state index contributed by atoms with van der Waals surface area (Å²) in [7, 11) is 0. The molecule has 2 aromatic rings. The Morgan fingerprint density at radius 2 is 1.96 bits per heavy atom. The molecule has 2 atom stereocenters. The minimum Gasteiger partial charge on any atom is -0.598 e. The molecule has 1 unspecified atom stereocenters. The Balaban J connectivity index is 2.08. The first-order valence-electron chi connectivity index (χ1n) is 8.26. The highest BCUT2D eigenvalue weighted by molar-refractivity contribution is 7.90. The van der Waals surface area contributed by atoms with Crippen LogP contribution in [0.5, 0.6) is 11.5 Å². The average molecular weight is 418 g/mol. The van der Waals surface area contributed by atoms with E-state index >= 15 is 0 Å². The lowest BCUT2D eigenvalue weighted by Gasteiger charge is -2.33. The molecular weight excluding hydrogens is 400 g/mol. The molecule has 3 rings (SSSR count). The summed E-state index contributed by atoms with van der Waals surface area (Å²) in [5.41, 5.74) is -0.710. The highest BCUT2D eigenvalue weighted by Gasteiger charge is 2.49. The Bertz CT molecular complexity index is 873. The van der Waals surface area contributed by atoms with Gasteiger partial charge < -0.3 is 14.0 Å². The molecule has 0 saturated heterocycles. The first-order valence-corrected chi connectivity index (χ1v) is 9.41. The second-order valence-electron chi connectivity index (χ2n) is 7.22. The summed E-state index contributed by atoms with van der Waals surface area (Å²) in [6.45, 7) is 5.19. The van der Waals surface area contributed by atoms with Gasteiger partial charge in [-0.2, -0.15) is 0 Å². The van der Waals surface area contributed by atoms with Crippen LogP contribution in [-0.2, 0) is 16.9 Å². The van der Waals surface area contributed by atoms with E-state index < -0.39 is 39.6 Å².